The summed E-state index contributed by atoms with van der Waals surface area (Å²) < 4.78 is 21.4. The highest BCUT2D eigenvalue weighted by atomic mass is 79.9. The van der Waals surface area contributed by atoms with Gasteiger partial charge >= 0.3 is 11.9 Å². The lowest BCUT2D eigenvalue weighted by atomic mass is 9.67. The van der Waals surface area contributed by atoms with Gasteiger partial charge in [-0.25, -0.2) is 9.59 Å². The number of likely N-dealkylation sites (N-methyl/N-ethyl adjacent to an activating group) is 1. The van der Waals surface area contributed by atoms with Crippen molar-refractivity contribution < 1.29 is 33.3 Å². The molecule has 0 fully saturated rings. The quantitative estimate of drug-likeness (QED) is 0.470. The van der Waals surface area contributed by atoms with Crippen molar-refractivity contribution in [3.05, 3.63) is 51.0 Å². The maximum atomic E-state index is 13.9. The van der Waals surface area contributed by atoms with Crippen LogP contribution < -0.4 is 10.6 Å². The summed E-state index contributed by atoms with van der Waals surface area (Å²) in [5.41, 5.74) is 4.77. The Morgan fingerprint density at radius 2 is 1.90 bits per heavy atom. The normalized spacial score (nSPS) is 20.2. The molecule has 9 nitrogen and oxygen atoms in total. The van der Waals surface area contributed by atoms with Gasteiger partial charge in [0.05, 0.1) is 13.7 Å². The number of benzene rings is 1. The minimum atomic E-state index is -1.88. The first-order valence-electron chi connectivity index (χ1n) is 9.51. The Balaban J connectivity index is 2.37. The summed E-state index contributed by atoms with van der Waals surface area (Å²) in [6, 6.07) is 5.19. The second-order valence-electron chi connectivity index (χ2n) is 6.85. The number of amides is 1. The second-order valence-corrected chi connectivity index (χ2v) is 7.77. The largest absolute Gasteiger partial charge is 0.465 e. The van der Waals surface area contributed by atoms with Crippen LogP contribution in [0.4, 0.5) is 5.69 Å². The van der Waals surface area contributed by atoms with Crippen molar-refractivity contribution in [3.8, 4) is 0 Å². The summed E-state index contributed by atoms with van der Waals surface area (Å²) in [7, 11) is 2.63. The summed E-state index contributed by atoms with van der Waals surface area (Å²) in [6.07, 6.45) is 0. The van der Waals surface area contributed by atoms with Crippen LogP contribution >= 0.6 is 15.9 Å². The Kier molecular flexibility index (Phi) is 6.42. The third kappa shape index (κ3) is 3.39. The zero-order valence-corrected chi connectivity index (χ0v) is 19.2. The number of anilines is 1. The lowest BCUT2D eigenvalue weighted by Gasteiger charge is -2.36. The molecular formula is C21H23BrN2O7. The molecule has 0 saturated heterocycles. The molecule has 0 saturated carbocycles. The van der Waals surface area contributed by atoms with E-state index in [0.29, 0.717) is 22.3 Å². The molecule has 1 aromatic rings. The fourth-order valence-corrected chi connectivity index (χ4v) is 4.41. The third-order valence-corrected chi connectivity index (χ3v) is 5.75. The molecule has 2 aliphatic rings. The highest BCUT2D eigenvalue weighted by Crippen LogP contribution is 2.55. The number of esters is 2. The van der Waals surface area contributed by atoms with Gasteiger partial charge in [0.2, 0.25) is 11.8 Å². The van der Waals surface area contributed by atoms with E-state index in [1.54, 1.807) is 25.1 Å². The Bertz CT molecular complexity index is 1020. The number of nitrogens with two attached hydrogens (primary N) is 1. The number of fused-ring (bicyclic) bond motifs is 2. The summed E-state index contributed by atoms with van der Waals surface area (Å²) in [5.74, 6) is -2.47. The number of hydrogen-bond donors (Lipinski definition) is 1. The molecule has 0 aromatic heterocycles. The molecule has 2 heterocycles. The van der Waals surface area contributed by atoms with E-state index in [9.17, 15) is 14.4 Å². The van der Waals surface area contributed by atoms with Crippen molar-refractivity contribution in [2.75, 3.05) is 38.9 Å². The van der Waals surface area contributed by atoms with Crippen molar-refractivity contribution >= 4 is 39.5 Å². The summed E-state index contributed by atoms with van der Waals surface area (Å²) in [5, 5.41) is 0. The molecular weight excluding hydrogens is 472 g/mol. The predicted octanol–water partition coefficient (Wildman–Crippen LogP) is 1.89. The monoisotopic (exact) mass is 494 g/mol. The molecule has 2 aliphatic heterocycles. The molecule has 2 N–H and O–H groups in total. The Hall–Kier alpha value is -2.85. The molecule has 166 valence electrons. The van der Waals surface area contributed by atoms with Gasteiger partial charge in [0.1, 0.15) is 28.9 Å². The Morgan fingerprint density at radius 3 is 2.52 bits per heavy atom. The molecule has 1 spiro atoms. The molecule has 0 bridgehead atoms. The minimum absolute atomic E-state index is 0.0496. The van der Waals surface area contributed by atoms with Crippen molar-refractivity contribution in [3.63, 3.8) is 0 Å². The van der Waals surface area contributed by atoms with Crippen LogP contribution in [0.2, 0.25) is 0 Å². The smallest absolute Gasteiger partial charge is 0.340 e. The number of hydrogen-bond acceptors (Lipinski definition) is 8. The number of rotatable bonds is 6. The first kappa shape index (κ1) is 22.8. The average molecular weight is 495 g/mol. The van der Waals surface area contributed by atoms with E-state index in [-0.39, 0.29) is 36.0 Å². The van der Waals surface area contributed by atoms with Crippen LogP contribution in [0.5, 0.6) is 0 Å². The van der Waals surface area contributed by atoms with Gasteiger partial charge in [-0.3, -0.25) is 4.79 Å². The minimum Gasteiger partial charge on any atom is -0.465 e. The van der Waals surface area contributed by atoms with Crippen LogP contribution in [0.15, 0.2) is 45.5 Å². The maximum absolute atomic E-state index is 13.9. The maximum Gasteiger partial charge on any atom is 0.340 e. The van der Waals surface area contributed by atoms with E-state index >= 15 is 0 Å². The molecule has 1 atom stereocenters. The third-order valence-electron chi connectivity index (χ3n) is 5.26. The molecule has 31 heavy (non-hydrogen) atoms. The lowest BCUT2D eigenvalue weighted by Crippen LogP contribution is -2.50. The van der Waals surface area contributed by atoms with E-state index in [0.717, 1.165) is 7.11 Å². The van der Waals surface area contributed by atoms with Crippen molar-refractivity contribution in [1.29, 1.82) is 0 Å². The van der Waals surface area contributed by atoms with E-state index in [1.165, 1.54) is 18.9 Å². The highest BCUT2D eigenvalue weighted by Gasteiger charge is 2.63. The predicted molar refractivity (Wildman–Crippen MR) is 114 cm³/mol. The van der Waals surface area contributed by atoms with Gasteiger partial charge in [0, 0.05) is 29.4 Å². The average Bonchev–Trinajstić information content (AvgIpc) is 2.95. The summed E-state index contributed by atoms with van der Waals surface area (Å²) in [6.45, 7) is 3.70. The van der Waals surface area contributed by atoms with Crippen LogP contribution in [0.1, 0.15) is 19.4 Å². The second kappa shape index (κ2) is 8.72. The number of allylic oxidation sites excluding steroid dienone is 1. The molecule has 0 aliphatic carbocycles. The zero-order chi connectivity index (χ0) is 22.9. The molecule has 1 unspecified atom stereocenters. The fourth-order valence-electron chi connectivity index (χ4n) is 4.05. The zero-order valence-electron chi connectivity index (χ0n) is 17.6. The van der Waals surface area contributed by atoms with Gasteiger partial charge < -0.3 is 29.6 Å². The van der Waals surface area contributed by atoms with Gasteiger partial charge in [-0.05, 0) is 32.0 Å². The summed E-state index contributed by atoms with van der Waals surface area (Å²) in [4.78, 5) is 41.5. The van der Waals surface area contributed by atoms with Gasteiger partial charge in [-0.15, -0.1) is 0 Å². The van der Waals surface area contributed by atoms with E-state index in [4.69, 9.17) is 24.7 Å². The number of carbonyl (C=O) groups excluding carboxylic acids is 3. The standard InChI is InChI=1S/C21H23BrN2O7/c1-5-24-14-7-6-12(22)10-13(14)21(20(24)27)15(19(26)30-9-8-28-3)11(2)31-17(23)16(21)18(25)29-4/h6-7,10H,5,8-9,23H2,1-4H3. The van der Waals surface area contributed by atoms with Gasteiger partial charge in [0.15, 0.2) is 0 Å². The van der Waals surface area contributed by atoms with Crippen LogP contribution in [-0.2, 0) is 38.7 Å². The van der Waals surface area contributed by atoms with Gasteiger partial charge in [0.25, 0.3) is 0 Å². The topological polar surface area (TPSA) is 117 Å². The fraction of sp³-hybridized carbons (Fsp3) is 0.381. The van der Waals surface area contributed by atoms with Crippen LogP contribution in [0, 0.1) is 0 Å². The number of carbonyl (C=O) groups is 3. The van der Waals surface area contributed by atoms with Crippen LogP contribution in [0.25, 0.3) is 0 Å². The molecule has 1 amide bonds. The van der Waals surface area contributed by atoms with Crippen LogP contribution in [0.3, 0.4) is 0 Å². The number of nitrogens with zero attached hydrogens (tertiary/aromatic N) is 1. The van der Waals surface area contributed by atoms with Crippen molar-refractivity contribution in [2.24, 2.45) is 5.73 Å². The Morgan fingerprint density at radius 1 is 1.19 bits per heavy atom. The van der Waals surface area contributed by atoms with Gasteiger partial charge in [-0.2, -0.15) is 0 Å². The summed E-state index contributed by atoms with van der Waals surface area (Å²) >= 11 is 3.42. The SMILES string of the molecule is CCN1C(=O)C2(C(C(=O)OCCOC)=C(C)OC(N)=C2C(=O)OC)c2cc(Br)ccc21. The van der Waals surface area contributed by atoms with E-state index < -0.39 is 23.3 Å². The highest BCUT2D eigenvalue weighted by molar-refractivity contribution is 9.10. The lowest BCUT2D eigenvalue weighted by molar-refractivity contribution is -0.143. The van der Waals surface area contributed by atoms with E-state index in [1.807, 2.05) is 0 Å². The van der Waals surface area contributed by atoms with Crippen molar-refractivity contribution in [2.45, 2.75) is 19.3 Å². The first-order valence-corrected chi connectivity index (χ1v) is 10.3. The van der Waals surface area contributed by atoms with Crippen LogP contribution in [-0.4, -0.2) is 51.8 Å². The number of methoxy groups -OCH3 is 2. The van der Waals surface area contributed by atoms with E-state index in [2.05, 4.69) is 15.9 Å². The number of ether oxygens (including phenoxy) is 4. The first-order chi connectivity index (χ1) is 14.7. The Labute approximate surface area is 187 Å². The van der Waals surface area contributed by atoms with Gasteiger partial charge in [-0.1, -0.05) is 15.9 Å². The van der Waals surface area contributed by atoms with Crippen molar-refractivity contribution in [1.82, 2.24) is 0 Å². The molecule has 10 heteroatoms. The molecule has 1 aromatic carbocycles. The number of halogens is 1. The molecule has 0 radical (unpaired) electrons. The molecule has 3 rings (SSSR count).